The number of rotatable bonds is 4. The second-order valence-electron chi connectivity index (χ2n) is 2.54. The summed E-state index contributed by atoms with van der Waals surface area (Å²) in [4.78, 5) is 0. The molecule has 0 saturated heterocycles. The number of hydrogen-bond acceptors (Lipinski definition) is 1. The van der Waals surface area contributed by atoms with Gasteiger partial charge in [-0.2, -0.15) is 0 Å². The van der Waals surface area contributed by atoms with Crippen LogP contribution < -0.4 is 0 Å². The third-order valence-corrected chi connectivity index (χ3v) is 1.74. The topological polar surface area (TPSA) is 9.23 Å². The fourth-order valence-electron chi connectivity index (χ4n) is 1.08. The van der Waals surface area contributed by atoms with Crippen molar-refractivity contribution in [1.82, 2.24) is 0 Å². The van der Waals surface area contributed by atoms with E-state index in [1.807, 2.05) is 31.2 Å². The highest BCUT2D eigenvalue weighted by molar-refractivity contribution is 5.51. The first-order chi connectivity index (χ1) is 5.88. The van der Waals surface area contributed by atoms with Crippen molar-refractivity contribution >= 4 is 6.08 Å². The predicted molar refractivity (Wildman–Crippen MR) is 51.9 cm³/mol. The van der Waals surface area contributed by atoms with Gasteiger partial charge >= 0.3 is 0 Å². The summed E-state index contributed by atoms with van der Waals surface area (Å²) in [6.07, 6.45) is 1.86. The summed E-state index contributed by atoms with van der Waals surface area (Å²) in [5, 5.41) is 0. The lowest BCUT2D eigenvalue weighted by atomic mass is 10.1. The van der Waals surface area contributed by atoms with Crippen molar-refractivity contribution < 1.29 is 4.74 Å². The Labute approximate surface area is 73.7 Å². The molecular weight excluding hydrogens is 148 g/mol. The molecule has 1 aromatic rings. The van der Waals surface area contributed by atoms with E-state index in [-0.39, 0.29) is 0 Å². The molecule has 12 heavy (non-hydrogen) atoms. The average Bonchev–Trinajstić information content (AvgIpc) is 2.15. The van der Waals surface area contributed by atoms with Crippen LogP contribution in [-0.4, -0.2) is 6.61 Å². The lowest BCUT2D eigenvalue weighted by Gasteiger charge is -2.04. The second kappa shape index (κ2) is 4.73. The third kappa shape index (κ3) is 2.21. The second-order valence-corrected chi connectivity index (χ2v) is 2.54. The molecule has 0 heterocycles. The van der Waals surface area contributed by atoms with Crippen LogP contribution in [0, 0.1) is 0 Å². The summed E-state index contributed by atoms with van der Waals surface area (Å²) in [6, 6.07) is 8.13. The maximum absolute atomic E-state index is 5.31. The molecule has 64 valence electrons. The van der Waals surface area contributed by atoms with Gasteiger partial charge in [-0.3, -0.25) is 0 Å². The van der Waals surface area contributed by atoms with Gasteiger partial charge in [-0.25, -0.2) is 0 Å². The van der Waals surface area contributed by atoms with Gasteiger partial charge in [0.25, 0.3) is 0 Å². The number of hydrogen-bond donors (Lipinski definition) is 0. The van der Waals surface area contributed by atoms with Crippen molar-refractivity contribution in [2.75, 3.05) is 6.61 Å². The van der Waals surface area contributed by atoms with Gasteiger partial charge in [-0.05, 0) is 18.1 Å². The van der Waals surface area contributed by atoms with Crippen LogP contribution in [0.15, 0.2) is 30.8 Å². The van der Waals surface area contributed by atoms with Crippen molar-refractivity contribution in [2.24, 2.45) is 0 Å². The van der Waals surface area contributed by atoms with Crippen LogP contribution in [0.3, 0.4) is 0 Å². The van der Waals surface area contributed by atoms with Crippen molar-refractivity contribution in [3.63, 3.8) is 0 Å². The molecule has 1 aromatic carbocycles. The van der Waals surface area contributed by atoms with Crippen LogP contribution in [0.1, 0.15) is 18.1 Å². The van der Waals surface area contributed by atoms with Gasteiger partial charge in [0.1, 0.15) is 0 Å². The van der Waals surface area contributed by atoms with Gasteiger partial charge in [0, 0.05) is 6.61 Å². The van der Waals surface area contributed by atoms with E-state index in [9.17, 15) is 0 Å². The molecule has 0 N–H and O–H groups in total. The van der Waals surface area contributed by atoms with E-state index < -0.39 is 0 Å². The van der Waals surface area contributed by atoms with Gasteiger partial charge in [0.2, 0.25) is 0 Å². The Hall–Kier alpha value is -1.08. The Bertz CT molecular complexity index is 253. The molecule has 0 amide bonds. The molecule has 0 aliphatic carbocycles. The monoisotopic (exact) mass is 162 g/mol. The fourth-order valence-corrected chi connectivity index (χ4v) is 1.08. The molecule has 1 nitrogen and oxygen atoms in total. The number of ether oxygens (including phenoxy) is 1. The minimum Gasteiger partial charge on any atom is -0.377 e. The first-order valence-electron chi connectivity index (χ1n) is 4.16. The smallest absolute Gasteiger partial charge is 0.0722 e. The van der Waals surface area contributed by atoms with E-state index in [4.69, 9.17) is 4.74 Å². The maximum atomic E-state index is 5.31. The highest BCUT2D eigenvalue weighted by Gasteiger charge is 1.96. The van der Waals surface area contributed by atoms with Gasteiger partial charge < -0.3 is 4.74 Å². The highest BCUT2D eigenvalue weighted by atomic mass is 16.5. The molecule has 0 aliphatic rings. The van der Waals surface area contributed by atoms with E-state index >= 15 is 0 Å². The van der Waals surface area contributed by atoms with Crippen LogP contribution in [0.4, 0.5) is 0 Å². The molecule has 1 heteroatoms. The summed E-state index contributed by atoms with van der Waals surface area (Å²) < 4.78 is 5.31. The molecule has 0 radical (unpaired) electrons. The van der Waals surface area contributed by atoms with Crippen LogP contribution in [0.25, 0.3) is 6.08 Å². The largest absolute Gasteiger partial charge is 0.377 e. The van der Waals surface area contributed by atoms with E-state index in [0.29, 0.717) is 6.61 Å². The molecule has 0 fully saturated rings. The summed E-state index contributed by atoms with van der Waals surface area (Å²) in [5.41, 5.74) is 2.36. The summed E-state index contributed by atoms with van der Waals surface area (Å²) in [6.45, 7) is 7.18. The van der Waals surface area contributed by atoms with Crippen molar-refractivity contribution in [3.05, 3.63) is 42.0 Å². The van der Waals surface area contributed by atoms with Crippen LogP contribution in [0.5, 0.6) is 0 Å². The highest BCUT2D eigenvalue weighted by Crippen LogP contribution is 2.10. The fraction of sp³-hybridized carbons (Fsp3) is 0.273. The zero-order chi connectivity index (χ0) is 8.81. The van der Waals surface area contributed by atoms with Crippen LogP contribution >= 0.6 is 0 Å². The van der Waals surface area contributed by atoms with E-state index in [0.717, 1.165) is 12.2 Å². The first-order valence-corrected chi connectivity index (χ1v) is 4.16. The Morgan fingerprint density at radius 1 is 1.42 bits per heavy atom. The van der Waals surface area contributed by atoms with Crippen molar-refractivity contribution in [1.29, 1.82) is 0 Å². The van der Waals surface area contributed by atoms with Crippen LogP contribution in [0.2, 0.25) is 0 Å². The van der Waals surface area contributed by atoms with Gasteiger partial charge in [-0.15, -0.1) is 0 Å². The minimum atomic E-state index is 0.679. The standard InChI is InChI=1S/C11H14O/c1-3-10-7-5-6-8-11(10)9-12-4-2/h3,5-8H,1,4,9H2,2H3. The molecule has 0 saturated carbocycles. The zero-order valence-electron chi connectivity index (χ0n) is 7.42. The predicted octanol–water partition coefficient (Wildman–Crippen LogP) is 2.87. The van der Waals surface area contributed by atoms with E-state index in [2.05, 4.69) is 12.6 Å². The Kier molecular flexibility index (Phi) is 3.55. The minimum absolute atomic E-state index is 0.679. The van der Waals surface area contributed by atoms with Gasteiger partial charge in [0.05, 0.1) is 6.61 Å². The third-order valence-electron chi connectivity index (χ3n) is 1.74. The quantitative estimate of drug-likeness (QED) is 0.661. The van der Waals surface area contributed by atoms with Gasteiger partial charge in [0.15, 0.2) is 0 Å². The molecule has 0 atom stereocenters. The van der Waals surface area contributed by atoms with E-state index in [1.165, 1.54) is 5.56 Å². The van der Waals surface area contributed by atoms with Crippen LogP contribution in [-0.2, 0) is 11.3 Å². The van der Waals surface area contributed by atoms with E-state index in [1.54, 1.807) is 0 Å². The summed E-state index contributed by atoms with van der Waals surface area (Å²) in [5.74, 6) is 0. The van der Waals surface area contributed by atoms with Gasteiger partial charge in [-0.1, -0.05) is 36.9 Å². The average molecular weight is 162 g/mol. The molecule has 0 aliphatic heterocycles. The Morgan fingerprint density at radius 3 is 2.83 bits per heavy atom. The SMILES string of the molecule is C=Cc1ccccc1COCC. The summed E-state index contributed by atoms with van der Waals surface area (Å²) in [7, 11) is 0. The van der Waals surface area contributed by atoms with Crippen molar-refractivity contribution in [3.8, 4) is 0 Å². The maximum Gasteiger partial charge on any atom is 0.0722 e. The number of benzene rings is 1. The first kappa shape index (κ1) is 9.01. The summed E-state index contributed by atoms with van der Waals surface area (Å²) >= 11 is 0. The molecule has 1 rings (SSSR count). The lowest BCUT2D eigenvalue weighted by molar-refractivity contribution is 0.134. The Morgan fingerprint density at radius 2 is 2.17 bits per heavy atom. The molecule has 0 unspecified atom stereocenters. The zero-order valence-corrected chi connectivity index (χ0v) is 7.42. The van der Waals surface area contributed by atoms with Crippen molar-refractivity contribution in [2.45, 2.75) is 13.5 Å². The molecule has 0 spiro atoms. The molecule has 0 bridgehead atoms. The lowest BCUT2D eigenvalue weighted by Crippen LogP contribution is -1.93. The Balaban J connectivity index is 2.75. The normalized spacial score (nSPS) is 9.75. The molecular formula is C11H14O. The molecule has 0 aromatic heterocycles.